The molecule has 0 spiro atoms. The highest BCUT2D eigenvalue weighted by atomic mass is 28.4. The maximum Gasteiger partial charge on any atom is 0.321 e. The van der Waals surface area contributed by atoms with Gasteiger partial charge in [0.2, 0.25) is 8.32 Å². The lowest BCUT2D eigenvalue weighted by atomic mass is 10.5. The summed E-state index contributed by atoms with van der Waals surface area (Å²) in [7, 11) is -1.50. The summed E-state index contributed by atoms with van der Waals surface area (Å²) in [5, 5.41) is 0. The monoisotopic (exact) mass is 211 g/mol. The van der Waals surface area contributed by atoms with Crippen LogP contribution < -0.4 is 4.43 Å². The van der Waals surface area contributed by atoms with Crippen molar-refractivity contribution in [3.63, 3.8) is 0 Å². The third kappa shape index (κ3) is 2.58. The molecule has 0 aromatic carbocycles. The van der Waals surface area contributed by atoms with Gasteiger partial charge in [-0.1, -0.05) is 20.8 Å². The van der Waals surface area contributed by atoms with Crippen LogP contribution in [-0.4, -0.2) is 8.32 Å². The van der Waals surface area contributed by atoms with Crippen LogP contribution in [0.2, 0.25) is 18.1 Å². The van der Waals surface area contributed by atoms with E-state index in [9.17, 15) is 0 Å². The number of rotatable bonds is 5. The minimum absolute atomic E-state index is 0.952. The molecule has 0 aliphatic carbocycles. The van der Waals surface area contributed by atoms with Crippen LogP contribution in [0.1, 0.15) is 20.8 Å². The molecule has 0 atom stereocenters. The minimum atomic E-state index is -1.50. The summed E-state index contributed by atoms with van der Waals surface area (Å²) in [4.78, 5) is 0. The van der Waals surface area contributed by atoms with Gasteiger partial charge in [0.25, 0.3) is 0 Å². The molecule has 0 saturated carbocycles. The lowest BCUT2D eigenvalue weighted by Gasteiger charge is -2.28. The van der Waals surface area contributed by atoms with E-state index in [1.54, 1.807) is 12.5 Å². The molecule has 0 unspecified atom stereocenters. The second kappa shape index (κ2) is 5.15. The Balaban J connectivity index is 2.74. The minimum Gasteiger partial charge on any atom is -0.543 e. The summed E-state index contributed by atoms with van der Waals surface area (Å²) in [5.74, 6) is 0.952. The van der Waals surface area contributed by atoms with Gasteiger partial charge in [0.05, 0.1) is 12.1 Å². The molecule has 0 radical (unpaired) electrons. The fourth-order valence-corrected chi connectivity index (χ4v) is 4.17. The fraction of sp³-hybridized carbons (Fsp3) is 0.545. The Morgan fingerprint density at radius 3 is 2.00 bits per heavy atom. The smallest absolute Gasteiger partial charge is 0.321 e. The molecule has 0 amide bonds. The van der Waals surface area contributed by atoms with Crippen molar-refractivity contribution in [3.8, 4) is 5.75 Å². The van der Waals surface area contributed by atoms with Gasteiger partial charge in [0.1, 0.15) is 5.75 Å². The van der Waals surface area contributed by atoms with Gasteiger partial charge in [0.15, 0.2) is 0 Å². The summed E-state index contributed by atoms with van der Waals surface area (Å²) >= 11 is 0. The third-order valence-electron chi connectivity index (χ3n) is 2.89. The Morgan fingerprint density at radius 1 is 1.07 bits per heavy atom. The molecule has 1 rings (SSSR count). The molecule has 0 N–H and O–H groups in total. The molecule has 3 heteroatoms. The second-order valence-corrected chi connectivity index (χ2v) is 8.18. The zero-order chi connectivity index (χ0) is 10.4. The van der Waals surface area contributed by atoms with Gasteiger partial charge >= 0.3 is 12.5 Å². The van der Waals surface area contributed by atoms with E-state index in [1.165, 1.54) is 18.1 Å². The van der Waals surface area contributed by atoms with Gasteiger partial charge in [-0.15, -0.1) is 0 Å². The maximum atomic E-state index is 6.13. The molecule has 2 nitrogen and oxygen atoms in total. The van der Waals surface area contributed by atoms with Crippen molar-refractivity contribution in [1.29, 1.82) is 0 Å². The van der Waals surface area contributed by atoms with Gasteiger partial charge in [-0.2, -0.15) is 0 Å². The van der Waals surface area contributed by atoms with Gasteiger partial charge < -0.3 is 4.43 Å². The molecule has 0 aliphatic heterocycles. The molecular formula is C11H19O2Si+. The topological polar surface area (TPSA) is 20.5 Å². The zero-order valence-electron chi connectivity index (χ0n) is 9.25. The first kappa shape index (κ1) is 11.2. The second-order valence-electron chi connectivity index (χ2n) is 3.49. The third-order valence-corrected chi connectivity index (χ3v) is 7.42. The predicted octanol–water partition coefficient (Wildman–Crippen LogP) is 3.94. The Morgan fingerprint density at radius 2 is 1.57 bits per heavy atom. The van der Waals surface area contributed by atoms with Crippen molar-refractivity contribution in [2.45, 2.75) is 38.9 Å². The van der Waals surface area contributed by atoms with E-state index in [2.05, 4.69) is 20.8 Å². The van der Waals surface area contributed by atoms with Crippen molar-refractivity contribution in [3.05, 3.63) is 24.7 Å². The molecule has 0 fully saturated rings. The zero-order valence-corrected chi connectivity index (χ0v) is 10.2. The molecule has 0 saturated heterocycles. The van der Waals surface area contributed by atoms with Gasteiger partial charge in [-0.3, -0.25) is 0 Å². The van der Waals surface area contributed by atoms with Crippen LogP contribution in [0.5, 0.6) is 5.75 Å². The molecule has 1 heterocycles. The molecule has 1 aromatic heterocycles. The Bertz CT molecular complexity index is 249. The van der Waals surface area contributed by atoms with E-state index in [1.807, 2.05) is 12.1 Å². The predicted molar refractivity (Wildman–Crippen MR) is 60.9 cm³/mol. The van der Waals surface area contributed by atoms with E-state index >= 15 is 0 Å². The average Bonchev–Trinajstić information content (AvgIpc) is 2.28. The summed E-state index contributed by atoms with van der Waals surface area (Å²) < 4.78 is 11.1. The highest BCUT2D eigenvalue weighted by molar-refractivity contribution is 6.74. The van der Waals surface area contributed by atoms with E-state index in [-0.39, 0.29) is 0 Å². The van der Waals surface area contributed by atoms with Crippen LogP contribution in [0.4, 0.5) is 0 Å². The summed E-state index contributed by atoms with van der Waals surface area (Å²) in [5.41, 5.74) is 0. The van der Waals surface area contributed by atoms with Crippen LogP contribution in [0.25, 0.3) is 0 Å². The van der Waals surface area contributed by atoms with Crippen LogP contribution in [0.3, 0.4) is 0 Å². The summed E-state index contributed by atoms with van der Waals surface area (Å²) in [6.07, 6.45) is 3.32. The normalized spacial score (nSPS) is 11.4. The van der Waals surface area contributed by atoms with Crippen LogP contribution in [0, 0.1) is 0 Å². The first-order valence-corrected chi connectivity index (χ1v) is 7.84. The maximum absolute atomic E-state index is 6.13. The van der Waals surface area contributed by atoms with Gasteiger partial charge in [0, 0.05) is 0 Å². The molecule has 14 heavy (non-hydrogen) atoms. The standard InChI is InChI=1S/C11H19O2Si/c1-4-14(5-2,6-3)13-11-7-9-12-10-8-11/h7-10H,4-6H2,1-3H3/q+1. The first-order chi connectivity index (χ1) is 6.76. The van der Waals surface area contributed by atoms with Crippen molar-refractivity contribution in [1.82, 2.24) is 0 Å². The first-order valence-electron chi connectivity index (χ1n) is 5.31. The average molecular weight is 211 g/mol. The van der Waals surface area contributed by atoms with Crippen LogP contribution in [0.15, 0.2) is 29.1 Å². The van der Waals surface area contributed by atoms with Crippen molar-refractivity contribution in [2.24, 2.45) is 0 Å². The quantitative estimate of drug-likeness (QED) is 0.543. The molecule has 78 valence electrons. The van der Waals surface area contributed by atoms with E-state index in [0.717, 1.165) is 5.75 Å². The fourth-order valence-electron chi connectivity index (χ4n) is 1.60. The van der Waals surface area contributed by atoms with Gasteiger partial charge in [-0.05, 0) is 18.1 Å². The van der Waals surface area contributed by atoms with E-state index in [4.69, 9.17) is 8.84 Å². The molecule has 0 aliphatic rings. The Hall–Kier alpha value is -0.833. The van der Waals surface area contributed by atoms with Crippen LogP contribution >= 0.6 is 0 Å². The van der Waals surface area contributed by atoms with Crippen molar-refractivity contribution < 1.29 is 8.84 Å². The molecular weight excluding hydrogens is 192 g/mol. The van der Waals surface area contributed by atoms with E-state index in [0.29, 0.717) is 0 Å². The molecule has 0 bridgehead atoms. The summed E-state index contributed by atoms with van der Waals surface area (Å²) in [6.45, 7) is 6.69. The summed E-state index contributed by atoms with van der Waals surface area (Å²) in [6, 6.07) is 7.30. The van der Waals surface area contributed by atoms with Gasteiger partial charge in [-0.25, -0.2) is 4.42 Å². The lowest BCUT2D eigenvalue weighted by Crippen LogP contribution is -2.39. The van der Waals surface area contributed by atoms with Crippen LogP contribution in [-0.2, 0) is 0 Å². The number of hydrogen-bond donors (Lipinski definition) is 0. The van der Waals surface area contributed by atoms with Crippen molar-refractivity contribution in [2.75, 3.05) is 0 Å². The Kier molecular flexibility index (Phi) is 4.13. The lowest BCUT2D eigenvalue weighted by molar-refractivity contribution is 0.502. The van der Waals surface area contributed by atoms with Crippen molar-refractivity contribution >= 4 is 8.32 Å². The SMILES string of the molecule is CC[Si](CC)(CC)Oc1cc[o+]cc1. The largest absolute Gasteiger partial charge is 0.543 e. The highest BCUT2D eigenvalue weighted by Crippen LogP contribution is 2.24. The highest BCUT2D eigenvalue weighted by Gasteiger charge is 2.30. The Labute approximate surface area is 87.0 Å². The van der Waals surface area contributed by atoms with E-state index < -0.39 is 8.32 Å². The number of hydrogen-bond acceptors (Lipinski definition) is 1. The molecule has 1 aromatic rings.